The zero-order chi connectivity index (χ0) is 10.6. The highest BCUT2D eigenvalue weighted by Gasteiger charge is 2.37. The van der Waals surface area contributed by atoms with Crippen LogP contribution in [0.25, 0.3) is 0 Å². The van der Waals surface area contributed by atoms with E-state index in [0.717, 1.165) is 11.8 Å². The normalized spacial score (nSPS) is 26.8. The quantitative estimate of drug-likeness (QED) is 0.591. The first-order chi connectivity index (χ1) is 6.64. The summed E-state index contributed by atoms with van der Waals surface area (Å²) in [5, 5.41) is 0. The lowest BCUT2D eigenvalue weighted by atomic mass is 9.61. The second-order valence-corrected chi connectivity index (χ2v) is 5.64. The van der Waals surface area contributed by atoms with E-state index in [1.807, 2.05) is 0 Å². The predicted molar refractivity (Wildman–Crippen MR) is 64.4 cm³/mol. The molecule has 0 aromatic carbocycles. The van der Waals surface area contributed by atoms with Crippen molar-refractivity contribution in [3.8, 4) is 0 Å². The average molecular weight is 196 g/mol. The van der Waals surface area contributed by atoms with E-state index in [9.17, 15) is 0 Å². The van der Waals surface area contributed by atoms with Gasteiger partial charge in [-0.1, -0.05) is 53.4 Å². The summed E-state index contributed by atoms with van der Waals surface area (Å²) in [7, 11) is 0. The summed E-state index contributed by atoms with van der Waals surface area (Å²) in [4.78, 5) is 0. The molecule has 1 fully saturated rings. The summed E-state index contributed by atoms with van der Waals surface area (Å²) in [5.41, 5.74) is 0.711. The van der Waals surface area contributed by atoms with E-state index in [0.29, 0.717) is 5.41 Å². The fraction of sp³-hybridized carbons (Fsp3) is 1.00. The summed E-state index contributed by atoms with van der Waals surface area (Å²) in [6, 6.07) is 0. The van der Waals surface area contributed by atoms with Crippen molar-refractivity contribution in [1.82, 2.24) is 0 Å². The molecule has 0 amide bonds. The van der Waals surface area contributed by atoms with Crippen LogP contribution in [-0.2, 0) is 0 Å². The van der Waals surface area contributed by atoms with E-state index in [1.165, 1.54) is 44.9 Å². The molecule has 0 aromatic heterocycles. The Kier molecular flexibility index (Phi) is 4.47. The van der Waals surface area contributed by atoms with Gasteiger partial charge in [0, 0.05) is 0 Å². The van der Waals surface area contributed by atoms with Crippen molar-refractivity contribution in [1.29, 1.82) is 0 Å². The SMILES string of the molecule is CCC1(CC)CCCCC1CC(C)C. The fourth-order valence-corrected chi connectivity index (χ4v) is 3.50. The highest BCUT2D eigenvalue weighted by molar-refractivity contribution is 4.88. The Morgan fingerprint density at radius 1 is 1.14 bits per heavy atom. The van der Waals surface area contributed by atoms with Gasteiger partial charge >= 0.3 is 0 Å². The molecule has 1 aliphatic rings. The van der Waals surface area contributed by atoms with Crippen LogP contribution in [0.4, 0.5) is 0 Å². The molecule has 1 atom stereocenters. The third-order valence-electron chi connectivity index (χ3n) is 4.51. The Labute approximate surface area is 90.5 Å². The van der Waals surface area contributed by atoms with Crippen molar-refractivity contribution in [2.24, 2.45) is 17.3 Å². The minimum Gasteiger partial charge on any atom is -0.0648 e. The van der Waals surface area contributed by atoms with Gasteiger partial charge in [0.15, 0.2) is 0 Å². The predicted octanol–water partition coefficient (Wildman–Crippen LogP) is 5.03. The zero-order valence-corrected chi connectivity index (χ0v) is 10.6. The van der Waals surface area contributed by atoms with Crippen LogP contribution in [0, 0.1) is 17.3 Å². The maximum atomic E-state index is 2.40. The summed E-state index contributed by atoms with van der Waals surface area (Å²) < 4.78 is 0. The van der Waals surface area contributed by atoms with Gasteiger partial charge in [0.1, 0.15) is 0 Å². The molecule has 1 unspecified atom stereocenters. The molecule has 0 heteroatoms. The lowest BCUT2D eigenvalue weighted by molar-refractivity contribution is 0.0666. The maximum absolute atomic E-state index is 2.40. The van der Waals surface area contributed by atoms with Crippen LogP contribution in [-0.4, -0.2) is 0 Å². The van der Waals surface area contributed by atoms with E-state index < -0.39 is 0 Å². The lowest BCUT2D eigenvalue weighted by Gasteiger charge is -2.44. The van der Waals surface area contributed by atoms with Gasteiger partial charge in [-0.25, -0.2) is 0 Å². The van der Waals surface area contributed by atoms with E-state index in [4.69, 9.17) is 0 Å². The summed E-state index contributed by atoms with van der Waals surface area (Å²) in [6.45, 7) is 9.57. The molecule has 14 heavy (non-hydrogen) atoms. The zero-order valence-electron chi connectivity index (χ0n) is 10.6. The molecule has 0 spiro atoms. The van der Waals surface area contributed by atoms with Crippen LogP contribution >= 0.6 is 0 Å². The Hall–Kier alpha value is 0. The monoisotopic (exact) mass is 196 g/mol. The molecule has 0 N–H and O–H groups in total. The van der Waals surface area contributed by atoms with Crippen LogP contribution in [0.2, 0.25) is 0 Å². The van der Waals surface area contributed by atoms with Crippen molar-refractivity contribution in [2.45, 2.75) is 72.6 Å². The van der Waals surface area contributed by atoms with Gasteiger partial charge in [-0.3, -0.25) is 0 Å². The van der Waals surface area contributed by atoms with Gasteiger partial charge in [0.05, 0.1) is 0 Å². The van der Waals surface area contributed by atoms with E-state index >= 15 is 0 Å². The second-order valence-electron chi connectivity index (χ2n) is 5.64. The van der Waals surface area contributed by atoms with Crippen LogP contribution in [0.5, 0.6) is 0 Å². The third kappa shape index (κ3) is 2.52. The topological polar surface area (TPSA) is 0 Å². The highest BCUT2D eigenvalue weighted by Crippen LogP contribution is 2.48. The van der Waals surface area contributed by atoms with E-state index in [1.54, 1.807) is 0 Å². The Morgan fingerprint density at radius 2 is 1.79 bits per heavy atom. The van der Waals surface area contributed by atoms with Crippen LogP contribution < -0.4 is 0 Å². The van der Waals surface area contributed by atoms with Crippen molar-refractivity contribution in [2.75, 3.05) is 0 Å². The largest absolute Gasteiger partial charge is 0.0648 e. The van der Waals surface area contributed by atoms with Gasteiger partial charge in [-0.15, -0.1) is 0 Å². The molecule has 0 bridgehead atoms. The van der Waals surface area contributed by atoms with Crippen LogP contribution in [0.3, 0.4) is 0 Å². The molecule has 1 aliphatic carbocycles. The van der Waals surface area contributed by atoms with Gasteiger partial charge in [0.25, 0.3) is 0 Å². The first-order valence-corrected chi connectivity index (χ1v) is 6.64. The van der Waals surface area contributed by atoms with Crippen LogP contribution in [0.1, 0.15) is 72.6 Å². The molecule has 0 radical (unpaired) electrons. The molecule has 1 saturated carbocycles. The molecule has 84 valence electrons. The first kappa shape index (κ1) is 12.1. The summed E-state index contributed by atoms with van der Waals surface area (Å²) >= 11 is 0. The van der Waals surface area contributed by atoms with Crippen molar-refractivity contribution in [3.05, 3.63) is 0 Å². The number of hydrogen-bond donors (Lipinski definition) is 0. The van der Waals surface area contributed by atoms with E-state index in [-0.39, 0.29) is 0 Å². The fourth-order valence-electron chi connectivity index (χ4n) is 3.50. The van der Waals surface area contributed by atoms with Crippen LogP contribution in [0.15, 0.2) is 0 Å². The van der Waals surface area contributed by atoms with Gasteiger partial charge < -0.3 is 0 Å². The standard InChI is InChI=1S/C14H28/c1-5-14(6-2)10-8-7-9-13(14)11-12(3)4/h12-13H,5-11H2,1-4H3. The lowest BCUT2D eigenvalue weighted by Crippen LogP contribution is -2.33. The number of rotatable bonds is 4. The first-order valence-electron chi connectivity index (χ1n) is 6.64. The minimum absolute atomic E-state index is 0.711. The van der Waals surface area contributed by atoms with E-state index in [2.05, 4.69) is 27.7 Å². The number of hydrogen-bond acceptors (Lipinski definition) is 0. The van der Waals surface area contributed by atoms with Crippen molar-refractivity contribution < 1.29 is 0 Å². The molecule has 0 heterocycles. The molecule has 0 aromatic rings. The van der Waals surface area contributed by atoms with Gasteiger partial charge in [-0.2, -0.15) is 0 Å². The van der Waals surface area contributed by atoms with Gasteiger partial charge in [0.2, 0.25) is 0 Å². The average Bonchev–Trinajstić information content (AvgIpc) is 2.18. The highest BCUT2D eigenvalue weighted by atomic mass is 14.4. The molecule has 1 rings (SSSR count). The molecule has 0 saturated heterocycles. The smallest absolute Gasteiger partial charge is 0.0274 e. The molecular formula is C14H28. The van der Waals surface area contributed by atoms with Crippen molar-refractivity contribution >= 4 is 0 Å². The summed E-state index contributed by atoms with van der Waals surface area (Å²) in [6.07, 6.45) is 10.2. The maximum Gasteiger partial charge on any atom is -0.0274 e. The second kappa shape index (κ2) is 5.19. The molecular weight excluding hydrogens is 168 g/mol. The molecule has 0 aliphatic heterocycles. The Balaban J connectivity index is 2.66. The van der Waals surface area contributed by atoms with Gasteiger partial charge in [-0.05, 0) is 36.5 Å². The molecule has 0 nitrogen and oxygen atoms in total. The minimum atomic E-state index is 0.711. The third-order valence-corrected chi connectivity index (χ3v) is 4.51. The summed E-state index contributed by atoms with van der Waals surface area (Å²) in [5.74, 6) is 1.90. The Bertz CT molecular complexity index is 153. The van der Waals surface area contributed by atoms with Crippen molar-refractivity contribution in [3.63, 3.8) is 0 Å². The Morgan fingerprint density at radius 3 is 2.29 bits per heavy atom.